The molecule has 3 aromatic rings. The number of aryl methyl sites for hydroxylation is 2. The van der Waals surface area contributed by atoms with Gasteiger partial charge in [0.05, 0.1) is 6.61 Å². The van der Waals surface area contributed by atoms with Gasteiger partial charge in [-0.3, -0.25) is 14.4 Å². The highest BCUT2D eigenvalue weighted by Crippen LogP contribution is 2.12. The summed E-state index contributed by atoms with van der Waals surface area (Å²) in [5, 5.41) is 2.94. The SMILES string of the molecule is O=C(CCCCCCCCCc1ccccc1)N[C@H](CCc1ccccc1)C(=O)NOCc1ccccc1. The lowest BCUT2D eigenvalue weighted by Gasteiger charge is -2.18. The molecule has 0 unspecified atom stereocenters. The molecule has 3 rings (SSSR count). The summed E-state index contributed by atoms with van der Waals surface area (Å²) in [5.41, 5.74) is 6.04. The van der Waals surface area contributed by atoms with Crippen LogP contribution in [0.5, 0.6) is 0 Å². The molecule has 2 amide bonds. The van der Waals surface area contributed by atoms with Gasteiger partial charge in [0.15, 0.2) is 0 Å². The molecule has 38 heavy (non-hydrogen) atoms. The molecule has 0 saturated heterocycles. The molecular formula is C33H42N2O3. The van der Waals surface area contributed by atoms with Gasteiger partial charge in [-0.15, -0.1) is 0 Å². The Morgan fingerprint density at radius 1 is 0.605 bits per heavy atom. The third-order valence-corrected chi connectivity index (χ3v) is 6.68. The van der Waals surface area contributed by atoms with E-state index in [2.05, 4.69) is 41.1 Å². The van der Waals surface area contributed by atoms with Crippen LogP contribution >= 0.6 is 0 Å². The molecular weight excluding hydrogens is 472 g/mol. The minimum absolute atomic E-state index is 0.0795. The lowest BCUT2D eigenvalue weighted by molar-refractivity contribution is -0.139. The summed E-state index contributed by atoms with van der Waals surface area (Å²) >= 11 is 0. The lowest BCUT2D eigenvalue weighted by atomic mass is 10.0. The van der Waals surface area contributed by atoms with Crippen LogP contribution in [0.3, 0.4) is 0 Å². The monoisotopic (exact) mass is 514 g/mol. The Labute approximate surface area is 228 Å². The molecule has 0 aliphatic heterocycles. The van der Waals surface area contributed by atoms with Gasteiger partial charge in [-0.2, -0.15) is 0 Å². The van der Waals surface area contributed by atoms with Gasteiger partial charge in [-0.05, 0) is 48.8 Å². The fraction of sp³-hybridized carbons (Fsp3) is 0.394. The van der Waals surface area contributed by atoms with Crippen LogP contribution in [0, 0.1) is 0 Å². The normalized spacial score (nSPS) is 11.6. The fourth-order valence-corrected chi connectivity index (χ4v) is 4.47. The van der Waals surface area contributed by atoms with Gasteiger partial charge < -0.3 is 5.32 Å². The van der Waals surface area contributed by atoms with Crippen LogP contribution in [0.1, 0.15) is 74.5 Å². The van der Waals surface area contributed by atoms with E-state index in [1.54, 1.807) is 0 Å². The summed E-state index contributed by atoms with van der Waals surface area (Å²) < 4.78 is 0. The van der Waals surface area contributed by atoms with Gasteiger partial charge >= 0.3 is 0 Å². The van der Waals surface area contributed by atoms with Crippen LogP contribution in [0.4, 0.5) is 0 Å². The van der Waals surface area contributed by atoms with Gasteiger partial charge in [-0.25, -0.2) is 5.48 Å². The Morgan fingerprint density at radius 3 is 1.71 bits per heavy atom. The zero-order chi connectivity index (χ0) is 26.7. The molecule has 0 aliphatic rings. The largest absolute Gasteiger partial charge is 0.344 e. The Hall–Kier alpha value is -3.44. The summed E-state index contributed by atoms with van der Waals surface area (Å²) in [5.74, 6) is -0.398. The molecule has 1 atom stereocenters. The van der Waals surface area contributed by atoms with Crippen molar-refractivity contribution >= 4 is 11.8 Å². The second kappa shape index (κ2) is 17.9. The molecule has 0 radical (unpaired) electrons. The summed E-state index contributed by atoms with van der Waals surface area (Å²) in [6.45, 7) is 0.276. The molecule has 2 N–H and O–H groups in total. The number of carbonyl (C=O) groups is 2. The molecule has 0 spiro atoms. The van der Waals surface area contributed by atoms with E-state index < -0.39 is 6.04 Å². The molecule has 0 bridgehead atoms. The van der Waals surface area contributed by atoms with E-state index in [4.69, 9.17) is 4.84 Å². The van der Waals surface area contributed by atoms with Crippen molar-refractivity contribution in [3.63, 3.8) is 0 Å². The minimum atomic E-state index is -0.636. The summed E-state index contributed by atoms with van der Waals surface area (Å²) in [4.78, 5) is 30.9. The van der Waals surface area contributed by atoms with Gasteiger partial charge in [0, 0.05) is 6.42 Å². The molecule has 3 aromatic carbocycles. The first-order valence-corrected chi connectivity index (χ1v) is 14.0. The summed E-state index contributed by atoms with van der Waals surface area (Å²) in [6, 6.07) is 29.7. The highest BCUT2D eigenvalue weighted by molar-refractivity contribution is 5.87. The van der Waals surface area contributed by atoms with E-state index in [0.29, 0.717) is 19.3 Å². The number of hydrogen-bond acceptors (Lipinski definition) is 3. The van der Waals surface area contributed by atoms with Crippen molar-refractivity contribution in [2.45, 2.75) is 83.3 Å². The number of carbonyl (C=O) groups excluding carboxylic acids is 2. The van der Waals surface area contributed by atoms with Crippen molar-refractivity contribution in [1.82, 2.24) is 10.8 Å². The molecule has 0 aliphatic carbocycles. The average molecular weight is 515 g/mol. The topological polar surface area (TPSA) is 67.4 Å². The molecule has 202 valence electrons. The molecule has 0 aromatic heterocycles. The van der Waals surface area contributed by atoms with Gasteiger partial charge in [0.1, 0.15) is 6.04 Å². The van der Waals surface area contributed by atoms with Crippen molar-refractivity contribution < 1.29 is 14.4 Å². The maximum absolute atomic E-state index is 12.8. The first-order valence-electron chi connectivity index (χ1n) is 14.0. The van der Waals surface area contributed by atoms with Crippen molar-refractivity contribution in [3.8, 4) is 0 Å². The highest BCUT2D eigenvalue weighted by Gasteiger charge is 2.21. The zero-order valence-electron chi connectivity index (χ0n) is 22.4. The Morgan fingerprint density at radius 2 is 1.11 bits per heavy atom. The molecule has 5 nitrogen and oxygen atoms in total. The maximum Gasteiger partial charge on any atom is 0.266 e. The third-order valence-electron chi connectivity index (χ3n) is 6.68. The Kier molecular flexibility index (Phi) is 13.7. The third kappa shape index (κ3) is 12.2. The second-order valence-corrected chi connectivity index (χ2v) is 9.85. The number of nitrogens with one attached hydrogen (secondary N) is 2. The summed E-state index contributed by atoms with van der Waals surface area (Å²) in [6.07, 6.45) is 10.7. The van der Waals surface area contributed by atoms with E-state index in [9.17, 15) is 9.59 Å². The summed E-state index contributed by atoms with van der Waals surface area (Å²) in [7, 11) is 0. The number of hydroxylamine groups is 1. The van der Waals surface area contributed by atoms with Crippen molar-refractivity contribution in [2.24, 2.45) is 0 Å². The number of unbranched alkanes of at least 4 members (excludes halogenated alkanes) is 6. The molecule has 0 heterocycles. The fourth-order valence-electron chi connectivity index (χ4n) is 4.47. The molecule has 0 fully saturated rings. The van der Waals surface area contributed by atoms with E-state index in [-0.39, 0.29) is 18.4 Å². The first kappa shape index (κ1) is 29.1. The van der Waals surface area contributed by atoms with Crippen LogP contribution in [0.2, 0.25) is 0 Å². The number of amides is 2. The molecule has 0 saturated carbocycles. The number of rotatable bonds is 18. The smallest absolute Gasteiger partial charge is 0.266 e. The lowest BCUT2D eigenvalue weighted by Crippen LogP contribution is -2.46. The predicted octanol–water partition coefficient (Wildman–Crippen LogP) is 6.72. The van der Waals surface area contributed by atoms with Crippen molar-refractivity contribution in [3.05, 3.63) is 108 Å². The average Bonchev–Trinajstić information content (AvgIpc) is 2.96. The van der Waals surface area contributed by atoms with Crippen molar-refractivity contribution in [1.29, 1.82) is 0 Å². The molecule has 5 heteroatoms. The van der Waals surface area contributed by atoms with E-state index in [1.165, 1.54) is 31.2 Å². The minimum Gasteiger partial charge on any atom is -0.344 e. The van der Waals surface area contributed by atoms with Gasteiger partial charge in [-0.1, -0.05) is 123 Å². The number of hydrogen-bond donors (Lipinski definition) is 2. The van der Waals surface area contributed by atoms with Crippen molar-refractivity contribution in [2.75, 3.05) is 0 Å². The Balaban J connectivity index is 1.32. The first-order chi connectivity index (χ1) is 18.7. The van der Waals surface area contributed by atoms with E-state index in [1.807, 2.05) is 60.7 Å². The van der Waals surface area contributed by atoms with E-state index in [0.717, 1.165) is 36.8 Å². The van der Waals surface area contributed by atoms with Gasteiger partial charge in [0.25, 0.3) is 5.91 Å². The van der Waals surface area contributed by atoms with Crippen LogP contribution in [0.15, 0.2) is 91.0 Å². The maximum atomic E-state index is 12.8. The standard InChI is InChI=1S/C33H42N2O3/c36-32(24-16-5-3-1-2-4-9-17-28-18-10-6-11-19-28)34-31(26-25-29-20-12-7-13-21-29)33(37)35-38-27-30-22-14-8-15-23-30/h6-8,10-15,18-23,31H,1-5,9,16-17,24-27H2,(H,34,36)(H,35,37)/t31-/m1/s1. The number of benzene rings is 3. The Bertz CT molecular complexity index is 1040. The van der Waals surface area contributed by atoms with Crippen LogP contribution in [-0.4, -0.2) is 17.9 Å². The predicted molar refractivity (Wildman–Crippen MR) is 153 cm³/mol. The highest BCUT2D eigenvalue weighted by atomic mass is 16.6. The zero-order valence-corrected chi connectivity index (χ0v) is 22.4. The van der Waals surface area contributed by atoms with Crippen LogP contribution in [-0.2, 0) is 33.9 Å². The second-order valence-electron chi connectivity index (χ2n) is 9.85. The van der Waals surface area contributed by atoms with Gasteiger partial charge in [0.2, 0.25) is 5.91 Å². The quantitative estimate of drug-likeness (QED) is 0.146. The van der Waals surface area contributed by atoms with Crippen LogP contribution in [0.25, 0.3) is 0 Å². The van der Waals surface area contributed by atoms with E-state index >= 15 is 0 Å². The van der Waals surface area contributed by atoms with Crippen LogP contribution < -0.4 is 10.8 Å².